The van der Waals surface area contributed by atoms with Crippen LogP contribution in [-0.4, -0.2) is 25.6 Å². The molecule has 1 fully saturated rings. The van der Waals surface area contributed by atoms with E-state index in [1.54, 1.807) is 6.07 Å². The number of hydrogen-bond acceptors (Lipinski definition) is 2. The monoisotopic (exact) mass is 306 g/mol. The summed E-state index contributed by atoms with van der Waals surface area (Å²) in [5.41, 5.74) is 7.33. The molecule has 0 unspecified atom stereocenters. The average molecular weight is 306 g/mol. The Bertz CT molecular complexity index is 507. The fourth-order valence-corrected chi connectivity index (χ4v) is 2.65. The van der Waals surface area contributed by atoms with Crippen molar-refractivity contribution >= 4 is 11.6 Å². The Morgan fingerprint density at radius 2 is 2.09 bits per heavy atom. The minimum absolute atomic E-state index is 0.197. The lowest BCUT2D eigenvalue weighted by molar-refractivity contribution is 0.315. The highest BCUT2D eigenvalue weighted by Gasteiger charge is 2.16. The zero-order chi connectivity index (χ0) is 15.9. The van der Waals surface area contributed by atoms with Gasteiger partial charge in [0, 0.05) is 19.6 Å². The van der Waals surface area contributed by atoms with E-state index in [-0.39, 0.29) is 5.82 Å². The zero-order valence-electron chi connectivity index (χ0n) is 13.6. The van der Waals surface area contributed by atoms with Crippen LogP contribution in [0.1, 0.15) is 38.7 Å². The van der Waals surface area contributed by atoms with Gasteiger partial charge in [-0.25, -0.2) is 9.38 Å². The van der Waals surface area contributed by atoms with E-state index < -0.39 is 0 Å². The first-order valence-corrected chi connectivity index (χ1v) is 8.21. The second-order valence-corrected chi connectivity index (χ2v) is 5.84. The van der Waals surface area contributed by atoms with Gasteiger partial charge < -0.3 is 16.0 Å². The number of guanidine groups is 1. The van der Waals surface area contributed by atoms with Crippen LogP contribution in [-0.2, 0) is 6.54 Å². The van der Waals surface area contributed by atoms with E-state index in [9.17, 15) is 4.39 Å². The van der Waals surface area contributed by atoms with Gasteiger partial charge in [0.1, 0.15) is 5.82 Å². The van der Waals surface area contributed by atoms with E-state index in [0.717, 1.165) is 31.1 Å². The standard InChI is InChI=1S/C17H27FN4/c1-3-22(4-2)16-9-8-14(10-15(16)18)12-21-17(19)20-11-13-6-5-7-13/h8-10,13H,3-7,11-12H2,1-2H3,(H3,19,20,21). The molecular weight excluding hydrogens is 279 g/mol. The zero-order valence-corrected chi connectivity index (χ0v) is 13.6. The molecule has 5 heteroatoms. The van der Waals surface area contributed by atoms with Crippen molar-refractivity contribution in [2.24, 2.45) is 16.6 Å². The molecule has 0 heterocycles. The molecule has 1 saturated carbocycles. The van der Waals surface area contributed by atoms with E-state index in [0.29, 0.717) is 18.2 Å². The minimum atomic E-state index is -0.197. The molecule has 122 valence electrons. The van der Waals surface area contributed by atoms with E-state index in [2.05, 4.69) is 10.3 Å². The van der Waals surface area contributed by atoms with Gasteiger partial charge in [0.15, 0.2) is 5.96 Å². The summed E-state index contributed by atoms with van der Waals surface area (Å²) in [4.78, 5) is 6.28. The summed E-state index contributed by atoms with van der Waals surface area (Å²) >= 11 is 0. The van der Waals surface area contributed by atoms with Crippen LogP contribution in [0.15, 0.2) is 23.2 Å². The van der Waals surface area contributed by atoms with Crippen molar-refractivity contribution in [3.8, 4) is 0 Å². The fourth-order valence-electron chi connectivity index (χ4n) is 2.65. The third-order valence-corrected chi connectivity index (χ3v) is 4.34. The van der Waals surface area contributed by atoms with Gasteiger partial charge in [0.25, 0.3) is 0 Å². The Morgan fingerprint density at radius 1 is 1.36 bits per heavy atom. The van der Waals surface area contributed by atoms with Crippen LogP contribution in [0.25, 0.3) is 0 Å². The van der Waals surface area contributed by atoms with Crippen molar-refractivity contribution in [3.63, 3.8) is 0 Å². The molecule has 4 nitrogen and oxygen atoms in total. The van der Waals surface area contributed by atoms with Crippen LogP contribution in [0, 0.1) is 11.7 Å². The molecule has 0 amide bonds. The summed E-state index contributed by atoms with van der Waals surface area (Å²) in [5.74, 6) is 0.983. The maximum absolute atomic E-state index is 14.2. The first-order valence-electron chi connectivity index (χ1n) is 8.21. The summed E-state index contributed by atoms with van der Waals surface area (Å²) in [6.07, 6.45) is 3.87. The van der Waals surface area contributed by atoms with Crippen molar-refractivity contribution < 1.29 is 4.39 Å². The van der Waals surface area contributed by atoms with Crippen molar-refractivity contribution in [1.29, 1.82) is 0 Å². The SMILES string of the molecule is CCN(CC)c1ccc(CN=C(N)NCC2CCC2)cc1F. The Kier molecular flexibility index (Phi) is 6.04. The Labute approximate surface area is 132 Å². The lowest BCUT2D eigenvalue weighted by Crippen LogP contribution is -2.37. The molecule has 1 aromatic carbocycles. The quantitative estimate of drug-likeness (QED) is 0.601. The lowest BCUT2D eigenvalue weighted by Gasteiger charge is -2.25. The van der Waals surface area contributed by atoms with E-state index in [4.69, 9.17) is 5.73 Å². The van der Waals surface area contributed by atoms with Gasteiger partial charge in [-0.1, -0.05) is 12.5 Å². The third kappa shape index (κ3) is 4.36. The van der Waals surface area contributed by atoms with Crippen LogP contribution in [0.3, 0.4) is 0 Å². The summed E-state index contributed by atoms with van der Waals surface area (Å²) in [7, 11) is 0. The van der Waals surface area contributed by atoms with Gasteiger partial charge in [-0.3, -0.25) is 0 Å². The van der Waals surface area contributed by atoms with Gasteiger partial charge in [0.05, 0.1) is 12.2 Å². The predicted octanol–water partition coefficient (Wildman–Crippen LogP) is 2.88. The van der Waals surface area contributed by atoms with Crippen molar-refractivity contribution in [2.75, 3.05) is 24.5 Å². The maximum atomic E-state index is 14.2. The van der Waals surface area contributed by atoms with E-state index in [1.807, 2.05) is 30.9 Å². The predicted molar refractivity (Wildman–Crippen MR) is 90.6 cm³/mol. The molecule has 22 heavy (non-hydrogen) atoms. The van der Waals surface area contributed by atoms with Crippen LogP contribution >= 0.6 is 0 Å². The van der Waals surface area contributed by atoms with Gasteiger partial charge in [-0.2, -0.15) is 0 Å². The molecule has 0 radical (unpaired) electrons. The highest BCUT2D eigenvalue weighted by Crippen LogP contribution is 2.25. The number of halogens is 1. The second kappa shape index (κ2) is 8.01. The summed E-state index contributed by atoms with van der Waals surface area (Å²) in [6.45, 7) is 6.93. The van der Waals surface area contributed by atoms with Crippen molar-refractivity contribution in [1.82, 2.24) is 5.32 Å². The fraction of sp³-hybridized carbons (Fsp3) is 0.588. The Morgan fingerprint density at radius 3 is 2.64 bits per heavy atom. The molecule has 3 N–H and O–H groups in total. The number of hydrogen-bond donors (Lipinski definition) is 2. The smallest absolute Gasteiger partial charge is 0.188 e. The second-order valence-electron chi connectivity index (χ2n) is 5.84. The van der Waals surface area contributed by atoms with Crippen LogP contribution < -0.4 is 16.0 Å². The number of aliphatic imine (C=N–C) groups is 1. The summed E-state index contributed by atoms with van der Waals surface area (Å²) in [6, 6.07) is 5.29. The molecular formula is C17H27FN4. The summed E-state index contributed by atoms with van der Waals surface area (Å²) in [5, 5.41) is 3.14. The topological polar surface area (TPSA) is 53.6 Å². The number of nitrogens with two attached hydrogens (primary N) is 1. The molecule has 0 aromatic heterocycles. The van der Waals surface area contributed by atoms with Crippen molar-refractivity contribution in [2.45, 2.75) is 39.7 Å². The van der Waals surface area contributed by atoms with Gasteiger partial charge in [-0.05, 0) is 50.3 Å². The van der Waals surface area contributed by atoms with Crippen molar-refractivity contribution in [3.05, 3.63) is 29.6 Å². The molecule has 0 saturated heterocycles. The first kappa shape index (κ1) is 16.6. The normalized spacial score (nSPS) is 15.5. The van der Waals surface area contributed by atoms with Crippen LogP contribution in [0.5, 0.6) is 0 Å². The molecule has 1 aliphatic rings. The lowest BCUT2D eigenvalue weighted by atomic mass is 9.85. The molecule has 1 aromatic rings. The molecule has 0 bridgehead atoms. The molecule has 0 spiro atoms. The van der Waals surface area contributed by atoms with E-state index in [1.165, 1.54) is 19.3 Å². The first-order chi connectivity index (χ1) is 10.6. The number of benzene rings is 1. The molecule has 2 rings (SSSR count). The number of nitrogens with one attached hydrogen (secondary N) is 1. The van der Waals surface area contributed by atoms with Crippen LogP contribution in [0.2, 0.25) is 0 Å². The van der Waals surface area contributed by atoms with Gasteiger partial charge in [-0.15, -0.1) is 0 Å². The Hall–Kier alpha value is -1.78. The molecule has 0 aliphatic heterocycles. The number of nitrogens with zero attached hydrogens (tertiary/aromatic N) is 2. The van der Waals surface area contributed by atoms with Gasteiger partial charge in [0.2, 0.25) is 0 Å². The highest BCUT2D eigenvalue weighted by molar-refractivity contribution is 5.77. The highest BCUT2D eigenvalue weighted by atomic mass is 19.1. The average Bonchev–Trinajstić information content (AvgIpc) is 2.46. The maximum Gasteiger partial charge on any atom is 0.188 e. The largest absolute Gasteiger partial charge is 0.370 e. The number of rotatable bonds is 7. The van der Waals surface area contributed by atoms with Crippen LogP contribution in [0.4, 0.5) is 10.1 Å². The number of anilines is 1. The summed E-state index contributed by atoms with van der Waals surface area (Å²) < 4.78 is 14.2. The van der Waals surface area contributed by atoms with E-state index >= 15 is 0 Å². The Balaban J connectivity index is 1.90. The minimum Gasteiger partial charge on any atom is -0.370 e. The van der Waals surface area contributed by atoms with Gasteiger partial charge >= 0.3 is 0 Å². The molecule has 0 atom stereocenters. The third-order valence-electron chi connectivity index (χ3n) is 4.34. The molecule has 1 aliphatic carbocycles.